The summed E-state index contributed by atoms with van der Waals surface area (Å²) in [4.78, 5) is 4.48. The van der Waals surface area contributed by atoms with Crippen LogP contribution in [0.25, 0.3) is 17.2 Å². The predicted octanol–water partition coefficient (Wildman–Crippen LogP) is 5.43. The van der Waals surface area contributed by atoms with Crippen LogP contribution >= 0.6 is 31.9 Å². The van der Waals surface area contributed by atoms with Gasteiger partial charge in [0.1, 0.15) is 10.3 Å². The van der Waals surface area contributed by atoms with E-state index in [2.05, 4.69) is 54.0 Å². The van der Waals surface area contributed by atoms with Crippen LogP contribution in [-0.2, 0) is 5.33 Å². The molecule has 0 saturated carbocycles. The molecule has 7 heteroatoms. The lowest BCUT2D eigenvalue weighted by atomic mass is 10.1. The zero-order valence-electron chi connectivity index (χ0n) is 14.4. The third kappa shape index (κ3) is 5.37. The van der Waals surface area contributed by atoms with Gasteiger partial charge < -0.3 is 10.2 Å². The average Bonchev–Trinajstić information content (AvgIpc) is 3.09. The summed E-state index contributed by atoms with van der Waals surface area (Å²) >= 11 is 6.89. The van der Waals surface area contributed by atoms with Gasteiger partial charge in [0.05, 0.1) is 0 Å². The summed E-state index contributed by atoms with van der Waals surface area (Å²) in [6.07, 6.45) is 2.89. The number of hydrogen-bond donors (Lipinski definition) is 1. The quantitative estimate of drug-likeness (QED) is 0.453. The molecular weight excluding hydrogens is 448 g/mol. The van der Waals surface area contributed by atoms with Crippen molar-refractivity contribution in [2.45, 2.75) is 32.5 Å². The number of benzene rings is 1. The molecule has 0 atom stereocenters. The maximum absolute atomic E-state index is 5.97. The molecule has 25 heavy (non-hydrogen) atoms. The number of rotatable bonds is 6. The van der Waals surface area contributed by atoms with Gasteiger partial charge in [-0.3, -0.25) is 0 Å². The topological polar surface area (TPSA) is 77.3 Å². The van der Waals surface area contributed by atoms with E-state index in [0.717, 1.165) is 22.9 Å². The lowest BCUT2D eigenvalue weighted by molar-refractivity contribution is 0.551. The Bertz CT molecular complexity index is 833. The number of aromatic nitrogens is 2. The third-order valence-electron chi connectivity index (χ3n) is 3.47. The van der Waals surface area contributed by atoms with E-state index in [1.807, 2.05) is 37.3 Å². The molecule has 132 valence electrons. The second kappa shape index (κ2) is 9.10. The molecule has 5 nitrogen and oxygen atoms in total. The van der Waals surface area contributed by atoms with E-state index in [0.29, 0.717) is 27.8 Å². The first-order valence-corrected chi connectivity index (χ1v) is 9.72. The second-order valence-electron chi connectivity index (χ2n) is 5.56. The highest BCUT2D eigenvalue weighted by Crippen LogP contribution is 2.25. The Hall–Kier alpha value is -1.73. The van der Waals surface area contributed by atoms with Crippen molar-refractivity contribution in [3.05, 3.63) is 53.1 Å². The number of alkyl halides is 1. The highest BCUT2D eigenvalue weighted by Gasteiger charge is 2.15. The molecule has 2 aromatic rings. The van der Waals surface area contributed by atoms with Crippen LogP contribution in [-0.4, -0.2) is 14.8 Å². The normalized spacial score (nSPS) is 13.8. The van der Waals surface area contributed by atoms with E-state index in [1.54, 1.807) is 6.92 Å². The zero-order chi connectivity index (χ0) is 18.4. The number of hydrogen-bond acceptors (Lipinski definition) is 5. The van der Waals surface area contributed by atoms with Gasteiger partial charge in [-0.25, -0.2) is 4.99 Å². The number of allylic oxidation sites excluding steroid dienone is 3. The molecule has 0 bridgehead atoms. The maximum atomic E-state index is 5.97. The molecule has 0 aliphatic carbocycles. The lowest BCUT2D eigenvalue weighted by Crippen LogP contribution is -1.98. The first-order chi connectivity index (χ1) is 11.9. The molecule has 1 aromatic carbocycles. The zero-order valence-corrected chi connectivity index (χ0v) is 17.6. The van der Waals surface area contributed by atoms with E-state index in [4.69, 9.17) is 10.2 Å². The van der Waals surface area contributed by atoms with E-state index >= 15 is 0 Å². The van der Waals surface area contributed by atoms with Crippen LogP contribution in [0.5, 0.6) is 0 Å². The Morgan fingerprint density at radius 3 is 2.72 bits per heavy atom. The molecule has 0 radical (unpaired) electrons. The van der Waals surface area contributed by atoms with Crippen molar-refractivity contribution in [1.29, 1.82) is 0 Å². The molecule has 0 spiro atoms. The van der Waals surface area contributed by atoms with Gasteiger partial charge in [-0.15, -0.1) is 10.2 Å². The van der Waals surface area contributed by atoms with Crippen LogP contribution in [0.15, 0.2) is 51.0 Å². The molecule has 0 amide bonds. The summed E-state index contributed by atoms with van der Waals surface area (Å²) in [6, 6.07) is 7.90. The van der Waals surface area contributed by atoms with Crippen LogP contribution in [0, 0.1) is 0 Å². The van der Waals surface area contributed by atoms with Crippen molar-refractivity contribution in [1.82, 2.24) is 10.2 Å². The molecule has 2 rings (SSSR count). The first-order valence-electron chi connectivity index (χ1n) is 7.81. The second-order valence-corrected chi connectivity index (χ2v) is 6.93. The Morgan fingerprint density at radius 1 is 1.32 bits per heavy atom. The SMILES string of the molecule is CC/C(C)=C/C(Br)=N/C(=C(\C)N)c1nnc(-c2cccc(CBr)c2)o1. The van der Waals surface area contributed by atoms with Gasteiger partial charge in [0, 0.05) is 16.6 Å². The van der Waals surface area contributed by atoms with Crippen molar-refractivity contribution >= 4 is 42.2 Å². The minimum atomic E-state index is 0.291. The number of nitrogens with zero attached hydrogens (tertiary/aromatic N) is 3. The van der Waals surface area contributed by atoms with Crippen LogP contribution in [0.1, 0.15) is 38.6 Å². The highest BCUT2D eigenvalue weighted by atomic mass is 79.9. The van der Waals surface area contributed by atoms with E-state index < -0.39 is 0 Å². The van der Waals surface area contributed by atoms with Gasteiger partial charge >= 0.3 is 0 Å². The van der Waals surface area contributed by atoms with Crippen molar-refractivity contribution in [3.63, 3.8) is 0 Å². The standard InChI is InChI=1S/C18H20Br2N4O/c1-4-11(2)8-15(20)22-16(12(3)21)18-24-23-17(25-18)14-7-5-6-13(9-14)10-19/h5-9H,4,10,21H2,1-3H3/b11-8+,16-12+,22-15-. The molecule has 0 aliphatic rings. The molecular formula is C18H20Br2N4O. The smallest absolute Gasteiger partial charge is 0.268 e. The molecule has 0 saturated heterocycles. The summed E-state index contributed by atoms with van der Waals surface area (Å²) in [5.41, 5.74) is 10.1. The number of nitrogens with two attached hydrogens (primary N) is 1. The summed E-state index contributed by atoms with van der Waals surface area (Å²) < 4.78 is 6.46. The van der Waals surface area contributed by atoms with Crippen LogP contribution in [0.4, 0.5) is 0 Å². The molecule has 0 aliphatic heterocycles. The summed E-state index contributed by atoms with van der Waals surface area (Å²) in [5.74, 6) is 0.724. The Balaban J connectivity index is 2.38. The van der Waals surface area contributed by atoms with Crippen LogP contribution < -0.4 is 5.73 Å². The number of halogens is 2. The van der Waals surface area contributed by atoms with Crippen molar-refractivity contribution in [2.24, 2.45) is 10.7 Å². The van der Waals surface area contributed by atoms with Gasteiger partial charge in [-0.05, 0) is 60.0 Å². The molecule has 1 heterocycles. The third-order valence-corrected chi connectivity index (χ3v) is 4.52. The maximum Gasteiger partial charge on any atom is 0.268 e. The van der Waals surface area contributed by atoms with Crippen molar-refractivity contribution in [2.75, 3.05) is 0 Å². The van der Waals surface area contributed by atoms with E-state index in [1.165, 1.54) is 5.57 Å². The predicted molar refractivity (Wildman–Crippen MR) is 110 cm³/mol. The molecule has 1 aromatic heterocycles. The minimum absolute atomic E-state index is 0.291. The van der Waals surface area contributed by atoms with E-state index in [-0.39, 0.29) is 0 Å². The van der Waals surface area contributed by atoms with Gasteiger partial charge in [-0.2, -0.15) is 0 Å². The van der Waals surface area contributed by atoms with Crippen molar-refractivity contribution < 1.29 is 4.42 Å². The van der Waals surface area contributed by atoms with Gasteiger partial charge in [0.2, 0.25) is 5.89 Å². The van der Waals surface area contributed by atoms with Crippen LogP contribution in [0.2, 0.25) is 0 Å². The van der Waals surface area contributed by atoms with E-state index in [9.17, 15) is 0 Å². The summed E-state index contributed by atoms with van der Waals surface area (Å²) in [5, 5.41) is 8.99. The first kappa shape index (κ1) is 19.6. The highest BCUT2D eigenvalue weighted by molar-refractivity contribution is 9.18. The van der Waals surface area contributed by atoms with Crippen LogP contribution in [0.3, 0.4) is 0 Å². The Morgan fingerprint density at radius 2 is 2.08 bits per heavy atom. The molecule has 0 unspecified atom stereocenters. The molecule has 2 N–H and O–H groups in total. The largest absolute Gasteiger partial charge is 0.415 e. The summed E-state index contributed by atoms with van der Waals surface area (Å²) in [7, 11) is 0. The number of aliphatic imine (C=N–C) groups is 1. The Kier molecular flexibility index (Phi) is 7.13. The molecule has 0 fully saturated rings. The van der Waals surface area contributed by atoms with Gasteiger partial charge in [0.25, 0.3) is 5.89 Å². The minimum Gasteiger partial charge on any atom is -0.415 e. The fourth-order valence-corrected chi connectivity index (χ4v) is 2.89. The fourth-order valence-electron chi connectivity index (χ4n) is 1.97. The fraction of sp³-hybridized carbons (Fsp3) is 0.278. The monoisotopic (exact) mass is 466 g/mol. The summed E-state index contributed by atoms with van der Waals surface area (Å²) in [6.45, 7) is 5.88. The van der Waals surface area contributed by atoms with Gasteiger partial charge in [-0.1, -0.05) is 40.6 Å². The van der Waals surface area contributed by atoms with Gasteiger partial charge in [0.15, 0.2) is 0 Å². The average molecular weight is 468 g/mol. The lowest BCUT2D eigenvalue weighted by Gasteiger charge is -2.01. The Labute approximate surface area is 164 Å². The van der Waals surface area contributed by atoms with Crippen molar-refractivity contribution in [3.8, 4) is 11.5 Å².